The molecule has 6 nitrogen and oxygen atoms in total. The molecule has 1 aliphatic rings. The summed E-state index contributed by atoms with van der Waals surface area (Å²) in [5.41, 5.74) is 2.01. The van der Waals surface area contributed by atoms with Crippen molar-refractivity contribution in [3.05, 3.63) is 65.7 Å². The maximum Gasteiger partial charge on any atom is 0.410 e. The van der Waals surface area contributed by atoms with Crippen molar-refractivity contribution in [1.29, 1.82) is 0 Å². The maximum atomic E-state index is 12.2. The molecule has 1 saturated heterocycles. The third kappa shape index (κ3) is 4.33. The maximum absolute atomic E-state index is 12.2. The molecule has 138 valence electrons. The second kappa shape index (κ2) is 8.69. The molecule has 0 aliphatic carbocycles. The Bertz CT molecular complexity index is 704. The van der Waals surface area contributed by atoms with Crippen molar-refractivity contribution in [2.45, 2.75) is 25.3 Å². The van der Waals surface area contributed by atoms with E-state index in [0.29, 0.717) is 19.8 Å². The van der Waals surface area contributed by atoms with Crippen LogP contribution in [0.3, 0.4) is 0 Å². The van der Waals surface area contributed by atoms with Crippen LogP contribution in [-0.2, 0) is 22.6 Å². The molecule has 1 fully saturated rings. The Kier molecular flexibility index (Phi) is 6.09. The third-order valence-corrected chi connectivity index (χ3v) is 4.41. The molecule has 0 bridgehead atoms. The number of aliphatic hydroxyl groups is 1. The number of carbonyl (C=O) groups excluding carboxylic acids is 1. The standard InChI is InChI=1S/C20H23NO5/c1-24-17-9-7-15(8-10-17)11-21-18(19(12-22)26-20(21)23)14-25-13-16-5-3-2-4-6-16/h2-10,18-19,22H,11-14H2,1H3/t18-,19+/m0/s1. The Morgan fingerprint density at radius 1 is 1.08 bits per heavy atom. The normalized spacial score (nSPS) is 19.5. The molecular weight excluding hydrogens is 334 g/mol. The lowest BCUT2D eigenvalue weighted by Gasteiger charge is -2.24. The topological polar surface area (TPSA) is 68.2 Å². The van der Waals surface area contributed by atoms with Gasteiger partial charge in [0.25, 0.3) is 0 Å². The van der Waals surface area contributed by atoms with Gasteiger partial charge in [0.2, 0.25) is 0 Å². The third-order valence-electron chi connectivity index (χ3n) is 4.41. The van der Waals surface area contributed by atoms with E-state index in [2.05, 4.69) is 0 Å². The monoisotopic (exact) mass is 357 g/mol. The highest BCUT2D eigenvalue weighted by atomic mass is 16.6. The molecular formula is C20H23NO5. The van der Waals surface area contributed by atoms with E-state index in [1.54, 1.807) is 12.0 Å². The van der Waals surface area contributed by atoms with Crippen LogP contribution >= 0.6 is 0 Å². The fourth-order valence-corrected chi connectivity index (χ4v) is 2.95. The number of cyclic esters (lactones) is 1. The summed E-state index contributed by atoms with van der Waals surface area (Å²) in [6.07, 6.45) is -1.02. The first-order chi connectivity index (χ1) is 12.7. The number of methoxy groups -OCH3 is 1. The second-order valence-electron chi connectivity index (χ2n) is 6.15. The van der Waals surface area contributed by atoms with Gasteiger partial charge in [0.05, 0.1) is 33.0 Å². The van der Waals surface area contributed by atoms with Crippen LogP contribution in [0.5, 0.6) is 5.75 Å². The van der Waals surface area contributed by atoms with Crippen molar-refractivity contribution < 1.29 is 24.1 Å². The van der Waals surface area contributed by atoms with Gasteiger partial charge >= 0.3 is 6.09 Å². The van der Waals surface area contributed by atoms with Gasteiger partial charge in [0.1, 0.15) is 11.9 Å². The van der Waals surface area contributed by atoms with Gasteiger partial charge in [0.15, 0.2) is 0 Å². The van der Waals surface area contributed by atoms with Crippen LogP contribution in [0.15, 0.2) is 54.6 Å². The Labute approximate surface area is 152 Å². The molecule has 1 amide bonds. The van der Waals surface area contributed by atoms with Gasteiger partial charge in [-0.2, -0.15) is 0 Å². The highest BCUT2D eigenvalue weighted by molar-refractivity contribution is 5.70. The van der Waals surface area contributed by atoms with Crippen LogP contribution in [0.4, 0.5) is 4.79 Å². The number of hydrogen-bond donors (Lipinski definition) is 1. The molecule has 0 spiro atoms. The van der Waals surface area contributed by atoms with Gasteiger partial charge < -0.3 is 19.3 Å². The number of amides is 1. The first kappa shape index (κ1) is 18.2. The molecule has 0 radical (unpaired) electrons. The van der Waals surface area contributed by atoms with E-state index >= 15 is 0 Å². The largest absolute Gasteiger partial charge is 0.497 e. The molecule has 0 saturated carbocycles. The first-order valence-electron chi connectivity index (χ1n) is 8.54. The molecule has 1 heterocycles. The van der Waals surface area contributed by atoms with E-state index < -0.39 is 12.2 Å². The minimum absolute atomic E-state index is 0.232. The number of benzene rings is 2. The fraction of sp³-hybridized carbons (Fsp3) is 0.350. The second-order valence-corrected chi connectivity index (χ2v) is 6.15. The molecule has 2 aromatic carbocycles. The Morgan fingerprint density at radius 3 is 2.46 bits per heavy atom. The van der Waals surface area contributed by atoms with Crippen LogP contribution in [0.2, 0.25) is 0 Å². The van der Waals surface area contributed by atoms with Crippen LogP contribution in [0.1, 0.15) is 11.1 Å². The summed E-state index contributed by atoms with van der Waals surface area (Å²) in [4.78, 5) is 13.8. The van der Waals surface area contributed by atoms with E-state index in [4.69, 9.17) is 14.2 Å². The lowest BCUT2D eigenvalue weighted by atomic mass is 10.1. The quantitative estimate of drug-likeness (QED) is 0.786. The molecule has 6 heteroatoms. The minimum atomic E-state index is -0.587. The van der Waals surface area contributed by atoms with Crippen molar-refractivity contribution in [3.8, 4) is 5.75 Å². The number of rotatable bonds is 8. The zero-order valence-corrected chi connectivity index (χ0v) is 14.7. The number of carbonyl (C=O) groups is 1. The predicted molar refractivity (Wildman–Crippen MR) is 95.8 cm³/mol. The summed E-state index contributed by atoms with van der Waals surface area (Å²) in [5.74, 6) is 0.758. The molecule has 3 rings (SSSR count). The summed E-state index contributed by atoms with van der Waals surface area (Å²) in [6.45, 7) is 0.894. The Balaban J connectivity index is 1.64. The van der Waals surface area contributed by atoms with Crippen molar-refractivity contribution >= 4 is 6.09 Å². The number of aliphatic hydroxyl groups excluding tert-OH is 1. The molecule has 2 atom stereocenters. The van der Waals surface area contributed by atoms with E-state index in [1.807, 2.05) is 54.6 Å². The first-order valence-corrected chi connectivity index (χ1v) is 8.54. The van der Waals surface area contributed by atoms with Crippen LogP contribution < -0.4 is 4.74 Å². The molecule has 1 N–H and O–H groups in total. The fourth-order valence-electron chi connectivity index (χ4n) is 2.95. The molecule has 0 aromatic heterocycles. The number of nitrogens with zero attached hydrogens (tertiary/aromatic N) is 1. The average molecular weight is 357 g/mol. The van der Waals surface area contributed by atoms with Crippen molar-refractivity contribution in [3.63, 3.8) is 0 Å². The van der Waals surface area contributed by atoms with Gasteiger partial charge in [0, 0.05) is 6.54 Å². The summed E-state index contributed by atoms with van der Waals surface area (Å²) in [7, 11) is 1.61. The van der Waals surface area contributed by atoms with E-state index in [9.17, 15) is 9.90 Å². The minimum Gasteiger partial charge on any atom is -0.497 e. The van der Waals surface area contributed by atoms with E-state index in [1.165, 1.54) is 0 Å². The lowest BCUT2D eigenvalue weighted by molar-refractivity contribution is 0.0324. The summed E-state index contributed by atoms with van der Waals surface area (Å²) >= 11 is 0. The molecule has 0 unspecified atom stereocenters. The highest BCUT2D eigenvalue weighted by Gasteiger charge is 2.41. The molecule has 2 aromatic rings. The summed E-state index contributed by atoms with van der Waals surface area (Å²) < 4.78 is 16.2. The van der Waals surface area contributed by atoms with Crippen LogP contribution in [-0.4, -0.2) is 48.6 Å². The van der Waals surface area contributed by atoms with Gasteiger partial charge in [-0.3, -0.25) is 4.90 Å². The number of ether oxygens (including phenoxy) is 3. The molecule has 26 heavy (non-hydrogen) atoms. The van der Waals surface area contributed by atoms with Crippen molar-refractivity contribution in [2.75, 3.05) is 20.3 Å². The van der Waals surface area contributed by atoms with Gasteiger partial charge in [-0.25, -0.2) is 4.79 Å². The summed E-state index contributed by atoms with van der Waals surface area (Å²) in [5, 5.41) is 9.55. The zero-order chi connectivity index (χ0) is 18.4. The van der Waals surface area contributed by atoms with Gasteiger partial charge in [-0.1, -0.05) is 42.5 Å². The highest BCUT2D eigenvalue weighted by Crippen LogP contribution is 2.23. The average Bonchev–Trinajstić information content (AvgIpc) is 2.98. The van der Waals surface area contributed by atoms with Gasteiger partial charge in [-0.05, 0) is 23.3 Å². The Hall–Kier alpha value is -2.57. The van der Waals surface area contributed by atoms with Gasteiger partial charge in [-0.15, -0.1) is 0 Å². The van der Waals surface area contributed by atoms with Crippen molar-refractivity contribution in [2.24, 2.45) is 0 Å². The summed E-state index contributed by atoms with van der Waals surface area (Å²) in [6, 6.07) is 17.0. The lowest BCUT2D eigenvalue weighted by Crippen LogP contribution is -2.41. The SMILES string of the molecule is COc1ccc(CN2C(=O)O[C@H](CO)[C@@H]2COCc2ccccc2)cc1. The predicted octanol–water partition coefficient (Wildman–Crippen LogP) is 2.59. The Morgan fingerprint density at radius 2 is 1.81 bits per heavy atom. The number of hydrogen-bond acceptors (Lipinski definition) is 5. The van der Waals surface area contributed by atoms with Crippen molar-refractivity contribution in [1.82, 2.24) is 4.90 Å². The smallest absolute Gasteiger partial charge is 0.410 e. The zero-order valence-electron chi connectivity index (χ0n) is 14.7. The molecule has 1 aliphatic heterocycles. The van der Waals surface area contributed by atoms with Crippen LogP contribution in [0.25, 0.3) is 0 Å². The van der Waals surface area contributed by atoms with E-state index in [-0.39, 0.29) is 12.6 Å². The van der Waals surface area contributed by atoms with E-state index in [0.717, 1.165) is 16.9 Å². The van der Waals surface area contributed by atoms with Crippen LogP contribution in [0, 0.1) is 0 Å².